The van der Waals surface area contributed by atoms with E-state index in [-0.39, 0.29) is 10.3 Å². The van der Waals surface area contributed by atoms with Gasteiger partial charge in [0, 0.05) is 17.2 Å². The third-order valence-corrected chi connectivity index (χ3v) is 6.00. The van der Waals surface area contributed by atoms with E-state index in [0.717, 1.165) is 35.2 Å². The zero-order chi connectivity index (χ0) is 18.4. The fraction of sp³-hybridized carbons (Fsp3) is 0.200. The van der Waals surface area contributed by atoms with Crippen LogP contribution in [0.4, 0.5) is 0 Å². The summed E-state index contributed by atoms with van der Waals surface area (Å²) in [5.41, 5.74) is 4.50. The highest BCUT2D eigenvalue weighted by atomic mass is 32.2. The molecule has 0 radical (unpaired) electrons. The van der Waals surface area contributed by atoms with E-state index in [9.17, 15) is 8.42 Å². The first-order valence-electron chi connectivity index (χ1n) is 8.36. The smallest absolute Gasteiger partial charge is 0.239 e. The Kier molecular flexibility index (Phi) is 3.79. The predicted octanol–water partition coefficient (Wildman–Crippen LogP) is 3.25. The summed E-state index contributed by atoms with van der Waals surface area (Å²) in [5, 5.41) is 14.2. The molecule has 0 unspecified atom stereocenters. The Balaban J connectivity index is 1.76. The van der Waals surface area contributed by atoms with Crippen LogP contribution in [0.1, 0.15) is 36.1 Å². The molecule has 2 aromatic rings. The number of hydrogen-bond donors (Lipinski definition) is 1. The summed E-state index contributed by atoms with van der Waals surface area (Å²) in [7, 11) is -3.76. The molecule has 4 rings (SSSR count). The maximum atomic E-state index is 11.5. The van der Waals surface area contributed by atoms with E-state index in [1.807, 2.05) is 12.1 Å². The van der Waals surface area contributed by atoms with E-state index in [1.165, 1.54) is 18.7 Å². The lowest BCUT2D eigenvalue weighted by Gasteiger charge is -2.34. The molecule has 2 N–H and O–H groups in total. The molecule has 0 amide bonds. The number of benzene rings is 1. The van der Waals surface area contributed by atoms with Gasteiger partial charge in [0.15, 0.2) is 0 Å². The second-order valence-corrected chi connectivity index (χ2v) is 8.38. The Labute approximate surface area is 152 Å². The van der Waals surface area contributed by atoms with Gasteiger partial charge in [-0.25, -0.2) is 13.6 Å². The van der Waals surface area contributed by atoms with Crippen molar-refractivity contribution in [2.24, 2.45) is 10.6 Å². The van der Waals surface area contributed by atoms with E-state index >= 15 is 0 Å². The van der Waals surface area contributed by atoms with E-state index < -0.39 is 10.0 Å². The number of nitriles is 1. The summed E-state index contributed by atoms with van der Waals surface area (Å²) < 4.78 is 22.9. The van der Waals surface area contributed by atoms with Gasteiger partial charge in [-0.05, 0) is 48.2 Å². The topological polar surface area (TPSA) is 96.8 Å². The third kappa shape index (κ3) is 2.85. The molecule has 0 saturated heterocycles. The molecule has 2 aliphatic rings. The fourth-order valence-corrected chi connectivity index (χ4v) is 3.99. The highest BCUT2D eigenvalue weighted by Gasteiger charge is 2.38. The van der Waals surface area contributed by atoms with E-state index in [0.29, 0.717) is 5.56 Å². The second kappa shape index (κ2) is 5.90. The lowest BCUT2D eigenvalue weighted by atomic mass is 9.70. The molecule has 1 aromatic heterocycles. The van der Waals surface area contributed by atoms with Crippen molar-refractivity contribution >= 4 is 21.2 Å². The largest absolute Gasteiger partial charge is 0.255 e. The van der Waals surface area contributed by atoms with Crippen molar-refractivity contribution in [2.45, 2.75) is 24.2 Å². The minimum Gasteiger partial charge on any atom is -0.255 e. The van der Waals surface area contributed by atoms with Crippen LogP contribution in [0.25, 0.3) is 11.1 Å². The summed E-state index contributed by atoms with van der Waals surface area (Å²) in [6.45, 7) is 0. The summed E-state index contributed by atoms with van der Waals surface area (Å²) in [6, 6.07) is 12.8. The molecule has 0 aliphatic heterocycles. The SMILES string of the molecule is N#Cc1ccc(C2=CC3(C=C2c2ccc(S(N)(=O)=O)cn2)CCC3)cc1. The van der Waals surface area contributed by atoms with Crippen LogP contribution in [-0.4, -0.2) is 13.4 Å². The number of nitrogens with two attached hydrogens (primary N) is 1. The van der Waals surface area contributed by atoms with Crippen molar-refractivity contribution in [3.63, 3.8) is 0 Å². The molecule has 1 spiro atoms. The first-order valence-corrected chi connectivity index (χ1v) is 9.91. The van der Waals surface area contributed by atoms with Gasteiger partial charge in [-0.15, -0.1) is 0 Å². The average molecular weight is 363 g/mol. The zero-order valence-corrected chi connectivity index (χ0v) is 14.8. The van der Waals surface area contributed by atoms with Crippen LogP contribution >= 0.6 is 0 Å². The van der Waals surface area contributed by atoms with Gasteiger partial charge in [0.1, 0.15) is 4.90 Å². The number of sulfonamides is 1. The normalized spacial score (nSPS) is 18.0. The summed E-state index contributed by atoms with van der Waals surface area (Å²) in [4.78, 5) is 4.34. The minimum atomic E-state index is -3.76. The molecule has 0 bridgehead atoms. The molecular formula is C20H17N3O2S. The lowest BCUT2D eigenvalue weighted by Crippen LogP contribution is -2.22. The Morgan fingerprint density at radius 1 is 1.04 bits per heavy atom. The molecule has 1 heterocycles. The van der Waals surface area contributed by atoms with E-state index in [1.54, 1.807) is 18.2 Å². The summed E-state index contributed by atoms with van der Waals surface area (Å²) >= 11 is 0. The van der Waals surface area contributed by atoms with Gasteiger partial charge in [-0.2, -0.15) is 5.26 Å². The number of rotatable bonds is 3. The molecule has 1 aromatic carbocycles. The quantitative estimate of drug-likeness (QED) is 0.905. The van der Waals surface area contributed by atoms with Gasteiger partial charge in [0.25, 0.3) is 0 Å². The molecule has 2 aliphatic carbocycles. The summed E-state index contributed by atoms with van der Waals surface area (Å²) in [5.74, 6) is 0. The second-order valence-electron chi connectivity index (χ2n) is 6.82. The Hall–Kier alpha value is -2.75. The van der Waals surface area contributed by atoms with Gasteiger partial charge < -0.3 is 0 Å². The molecule has 26 heavy (non-hydrogen) atoms. The number of primary sulfonamides is 1. The highest BCUT2D eigenvalue weighted by Crippen LogP contribution is 2.53. The van der Waals surface area contributed by atoms with Crippen molar-refractivity contribution in [2.75, 3.05) is 0 Å². The van der Waals surface area contributed by atoms with Crippen LogP contribution in [0.15, 0.2) is 59.6 Å². The lowest BCUT2D eigenvalue weighted by molar-refractivity contribution is 0.282. The Morgan fingerprint density at radius 2 is 1.73 bits per heavy atom. The monoisotopic (exact) mass is 363 g/mol. The Morgan fingerprint density at radius 3 is 2.23 bits per heavy atom. The van der Waals surface area contributed by atoms with Crippen LogP contribution in [0, 0.1) is 16.7 Å². The van der Waals surface area contributed by atoms with Crippen molar-refractivity contribution < 1.29 is 8.42 Å². The van der Waals surface area contributed by atoms with Gasteiger partial charge >= 0.3 is 0 Å². The molecule has 1 fully saturated rings. The maximum Gasteiger partial charge on any atom is 0.239 e. The van der Waals surface area contributed by atoms with Crippen LogP contribution < -0.4 is 5.14 Å². The molecule has 5 nitrogen and oxygen atoms in total. The Bertz CT molecular complexity index is 1070. The van der Waals surface area contributed by atoms with Crippen molar-refractivity contribution in [1.82, 2.24) is 4.98 Å². The van der Waals surface area contributed by atoms with E-state index in [2.05, 4.69) is 23.2 Å². The average Bonchev–Trinajstić information content (AvgIpc) is 3.03. The molecular weight excluding hydrogens is 346 g/mol. The zero-order valence-electron chi connectivity index (χ0n) is 14.0. The molecule has 0 atom stereocenters. The molecule has 130 valence electrons. The van der Waals surface area contributed by atoms with Crippen LogP contribution in [0.3, 0.4) is 0 Å². The van der Waals surface area contributed by atoms with Crippen LogP contribution in [0.5, 0.6) is 0 Å². The van der Waals surface area contributed by atoms with Crippen LogP contribution in [0.2, 0.25) is 0 Å². The van der Waals surface area contributed by atoms with Crippen molar-refractivity contribution in [1.29, 1.82) is 5.26 Å². The van der Waals surface area contributed by atoms with Crippen LogP contribution in [-0.2, 0) is 10.0 Å². The number of allylic oxidation sites excluding steroid dienone is 4. The van der Waals surface area contributed by atoms with Gasteiger partial charge in [0.05, 0.1) is 17.3 Å². The summed E-state index contributed by atoms with van der Waals surface area (Å²) in [6.07, 6.45) is 9.22. The maximum absolute atomic E-state index is 11.5. The first-order chi connectivity index (χ1) is 12.4. The number of pyridine rings is 1. The minimum absolute atomic E-state index is 0.00195. The molecule has 1 saturated carbocycles. The van der Waals surface area contributed by atoms with Gasteiger partial charge in [0.2, 0.25) is 10.0 Å². The highest BCUT2D eigenvalue weighted by molar-refractivity contribution is 7.89. The number of hydrogen-bond acceptors (Lipinski definition) is 4. The fourth-order valence-electron chi connectivity index (χ4n) is 3.53. The van der Waals surface area contributed by atoms with Crippen molar-refractivity contribution in [3.05, 3.63) is 71.6 Å². The van der Waals surface area contributed by atoms with Gasteiger partial charge in [-0.3, -0.25) is 4.98 Å². The molecule has 6 heteroatoms. The first kappa shape index (κ1) is 16.7. The third-order valence-electron chi connectivity index (χ3n) is 5.10. The van der Waals surface area contributed by atoms with Gasteiger partial charge in [-0.1, -0.05) is 30.7 Å². The number of nitrogens with zero attached hydrogens (tertiary/aromatic N) is 2. The standard InChI is InChI=1S/C20H17N3O2S/c21-12-14-2-4-15(5-3-14)17-10-20(8-1-9-20)11-18(17)19-7-6-16(13-23-19)26(22,24)25/h2-7,10-11,13H,1,8-9H2,(H2,22,24,25). The number of aromatic nitrogens is 1. The predicted molar refractivity (Wildman–Crippen MR) is 99.0 cm³/mol. The van der Waals surface area contributed by atoms with E-state index in [4.69, 9.17) is 10.4 Å². The van der Waals surface area contributed by atoms with Crippen molar-refractivity contribution in [3.8, 4) is 6.07 Å².